The number of ether oxygens (including phenoxy) is 2. The lowest BCUT2D eigenvalue weighted by Crippen LogP contribution is -2.35. The highest BCUT2D eigenvalue weighted by atomic mass is 32.2. The van der Waals surface area contributed by atoms with Gasteiger partial charge in [0.15, 0.2) is 6.10 Å². The van der Waals surface area contributed by atoms with Crippen molar-refractivity contribution in [3.63, 3.8) is 0 Å². The Balaban J connectivity index is 2.19. The van der Waals surface area contributed by atoms with E-state index in [1.807, 2.05) is 0 Å². The van der Waals surface area contributed by atoms with Gasteiger partial charge < -0.3 is 9.47 Å². The summed E-state index contributed by atoms with van der Waals surface area (Å²) < 4.78 is 36.2. The fourth-order valence-electron chi connectivity index (χ4n) is 2.48. The molecule has 1 aliphatic rings. The molecule has 7 nitrogen and oxygen atoms in total. The van der Waals surface area contributed by atoms with Crippen LogP contribution in [0.5, 0.6) is 0 Å². The van der Waals surface area contributed by atoms with Crippen molar-refractivity contribution in [3.05, 3.63) is 29.8 Å². The Labute approximate surface area is 141 Å². The van der Waals surface area contributed by atoms with Crippen LogP contribution in [0.1, 0.15) is 36.5 Å². The van der Waals surface area contributed by atoms with E-state index in [4.69, 9.17) is 4.74 Å². The number of hydrogen-bond donors (Lipinski definition) is 0. The molecule has 0 radical (unpaired) electrons. The first kappa shape index (κ1) is 18.4. The third-order valence-electron chi connectivity index (χ3n) is 3.84. The molecule has 0 amide bonds. The largest absolute Gasteiger partial charge is 0.466 e. The van der Waals surface area contributed by atoms with Crippen molar-refractivity contribution < 1.29 is 27.5 Å². The maximum absolute atomic E-state index is 12.6. The normalized spacial score (nSPS) is 17.1. The summed E-state index contributed by atoms with van der Waals surface area (Å²) in [7, 11) is -2.44. The molecule has 0 saturated carbocycles. The number of carbonyl (C=O) groups excluding carboxylic acids is 2. The zero-order chi connectivity index (χ0) is 17.7. The summed E-state index contributed by atoms with van der Waals surface area (Å²) in [5.41, 5.74) is 0.0730. The average Bonchev–Trinajstić information content (AvgIpc) is 2.61. The van der Waals surface area contributed by atoms with Crippen LogP contribution >= 0.6 is 0 Å². The van der Waals surface area contributed by atoms with E-state index in [2.05, 4.69) is 4.74 Å². The minimum Gasteiger partial charge on any atom is -0.466 e. The number of sulfonamides is 1. The van der Waals surface area contributed by atoms with Crippen LogP contribution in [0.4, 0.5) is 0 Å². The number of esters is 2. The van der Waals surface area contributed by atoms with Gasteiger partial charge >= 0.3 is 11.9 Å². The third kappa shape index (κ3) is 4.12. The molecule has 1 fully saturated rings. The Bertz CT molecular complexity index is 709. The molecule has 8 heteroatoms. The lowest BCUT2D eigenvalue weighted by molar-refractivity contribution is -0.149. The summed E-state index contributed by atoms with van der Waals surface area (Å²) in [5.74, 6) is -1.45. The molecule has 1 aliphatic heterocycles. The number of hydrogen-bond acceptors (Lipinski definition) is 6. The summed E-state index contributed by atoms with van der Waals surface area (Å²) in [6, 6.07) is 5.65. The van der Waals surface area contributed by atoms with E-state index < -0.39 is 28.1 Å². The van der Waals surface area contributed by atoms with E-state index in [-0.39, 0.29) is 10.5 Å². The number of nitrogens with zero attached hydrogens (tertiary/aromatic N) is 1. The van der Waals surface area contributed by atoms with Gasteiger partial charge in [-0.1, -0.05) is 12.5 Å². The van der Waals surface area contributed by atoms with Crippen LogP contribution in [-0.4, -0.2) is 51.0 Å². The maximum Gasteiger partial charge on any atom is 0.346 e. The molecule has 1 aromatic rings. The van der Waals surface area contributed by atoms with Crippen LogP contribution in [0.3, 0.4) is 0 Å². The molecule has 0 unspecified atom stereocenters. The van der Waals surface area contributed by atoms with Crippen LogP contribution in [0.25, 0.3) is 0 Å². The van der Waals surface area contributed by atoms with Crippen molar-refractivity contribution in [1.29, 1.82) is 0 Å². The second-order valence-electron chi connectivity index (χ2n) is 5.56. The predicted octanol–water partition coefficient (Wildman–Crippen LogP) is 1.58. The van der Waals surface area contributed by atoms with Gasteiger partial charge in [-0.25, -0.2) is 18.0 Å². The monoisotopic (exact) mass is 355 g/mol. The van der Waals surface area contributed by atoms with E-state index in [1.165, 1.54) is 42.6 Å². The molecular weight excluding hydrogens is 334 g/mol. The molecule has 132 valence electrons. The maximum atomic E-state index is 12.6. The fourth-order valence-corrected chi connectivity index (χ4v) is 4.04. The highest BCUT2D eigenvalue weighted by Crippen LogP contribution is 2.21. The molecule has 1 atom stereocenters. The van der Waals surface area contributed by atoms with Crippen molar-refractivity contribution in [3.8, 4) is 0 Å². The van der Waals surface area contributed by atoms with Gasteiger partial charge in [-0.15, -0.1) is 0 Å². The minimum atomic E-state index is -3.63. The van der Waals surface area contributed by atoms with Gasteiger partial charge in [-0.2, -0.15) is 4.31 Å². The van der Waals surface area contributed by atoms with Gasteiger partial charge in [-0.05, 0) is 38.0 Å². The van der Waals surface area contributed by atoms with Crippen molar-refractivity contribution in [2.45, 2.75) is 37.2 Å². The molecule has 0 aliphatic carbocycles. The lowest BCUT2D eigenvalue weighted by atomic mass is 10.2. The van der Waals surface area contributed by atoms with Crippen molar-refractivity contribution >= 4 is 22.0 Å². The molecule has 0 N–H and O–H groups in total. The number of methoxy groups -OCH3 is 1. The van der Waals surface area contributed by atoms with Gasteiger partial charge in [-0.3, -0.25) is 0 Å². The quantitative estimate of drug-likeness (QED) is 0.745. The fraction of sp³-hybridized carbons (Fsp3) is 0.500. The molecule has 1 saturated heterocycles. The van der Waals surface area contributed by atoms with Crippen LogP contribution in [0.2, 0.25) is 0 Å². The topological polar surface area (TPSA) is 90.0 Å². The zero-order valence-electron chi connectivity index (χ0n) is 13.7. The molecular formula is C16H21NO6S. The van der Waals surface area contributed by atoms with Crippen LogP contribution in [0.15, 0.2) is 29.2 Å². The van der Waals surface area contributed by atoms with Crippen LogP contribution in [-0.2, 0) is 24.3 Å². The molecule has 2 rings (SSSR count). The van der Waals surface area contributed by atoms with E-state index >= 15 is 0 Å². The van der Waals surface area contributed by atoms with Gasteiger partial charge in [0.25, 0.3) is 0 Å². The Morgan fingerprint density at radius 2 is 1.83 bits per heavy atom. The highest BCUT2D eigenvalue weighted by molar-refractivity contribution is 7.89. The van der Waals surface area contributed by atoms with Gasteiger partial charge in [0.05, 0.1) is 17.6 Å². The standard InChI is InChI=1S/C16H21NO6S/c1-12(15(18)22-2)23-16(19)13-7-6-8-14(11-13)24(20,21)17-9-4-3-5-10-17/h6-8,11-12H,3-5,9-10H2,1-2H3/t12-/m1/s1. The van der Waals surface area contributed by atoms with Crippen LogP contribution in [0, 0.1) is 0 Å². The lowest BCUT2D eigenvalue weighted by Gasteiger charge is -2.26. The first-order valence-electron chi connectivity index (χ1n) is 7.75. The molecule has 1 aromatic carbocycles. The molecule has 0 bridgehead atoms. The van der Waals surface area contributed by atoms with Crippen molar-refractivity contribution in [2.24, 2.45) is 0 Å². The van der Waals surface area contributed by atoms with Crippen molar-refractivity contribution in [2.75, 3.05) is 20.2 Å². The molecule has 0 spiro atoms. The average molecular weight is 355 g/mol. The van der Waals surface area contributed by atoms with E-state index in [9.17, 15) is 18.0 Å². The van der Waals surface area contributed by atoms with Gasteiger partial charge in [0, 0.05) is 13.1 Å². The predicted molar refractivity (Wildman–Crippen MR) is 85.9 cm³/mol. The third-order valence-corrected chi connectivity index (χ3v) is 5.73. The van der Waals surface area contributed by atoms with Gasteiger partial charge in [0.1, 0.15) is 0 Å². The Morgan fingerprint density at radius 1 is 1.17 bits per heavy atom. The smallest absolute Gasteiger partial charge is 0.346 e. The zero-order valence-corrected chi connectivity index (χ0v) is 14.5. The van der Waals surface area contributed by atoms with E-state index in [0.717, 1.165) is 19.3 Å². The Hall–Kier alpha value is -1.93. The second-order valence-corrected chi connectivity index (χ2v) is 7.50. The number of carbonyl (C=O) groups is 2. The first-order valence-corrected chi connectivity index (χ1v) is 9.19. The van der Waals surface area contributed by atoms with E-state index in [1.54, 1.807) is 0 Å². The Kier molecular flexibility index (Phi) is 5.95. The number of benzene rings is 1. The minimum absolute atomic E-state index is 0.0459. The van der Waals surface area contributed by atoms with Crippen LogP contribution < -0.4 is 0 Å². The molecule has 0 aromatic heterocycles. The summed E-state index contributed by atoms with van der Waals surface area (Å²) in [6.07, 6.45) is 1.61. The SMILES string of the molecule is COC(=O)[C@@H](C)OC(=O)c1cccc(S(=O)(=O)N2CCCCC2)c1. The van der Waals surface area contributed by atoms with Crippen molar-refractivity contribution in [1.82, 2.24) is 4.31 Å². The number of rotatable bonds is 5. The summed E-state index contributed by atoms with van der Waals surface area (Å²) >= 11 is 0. The summed E-state index contributed by atoms with van der Waals surface area (Å²) in [5, 5.41) is 0. The molecule has 1 heterocycles. The summed E-state index contributed by atoms with van der Waals surface area (Å²) in [4.78, 5) is 23.4. The summed E-state index contributed by atoms with van der Waals surface area (Å²) in [6.45, 7) is 2.35. The Morgan fingerprint density at radius 3 is 2.46 bits per heavy atom. The highest BCUT2D eigenvalue weighted by Gasteiger charge is 2.27. The molecule has 24 heavy (non-hydrogen) atoms. The van der Waals surface area contributed by atoms with E-state index in [0.29, 0.717) is 13.1 Å². The second kappa shape index (κ2) is 7.76. The number of piperidine rings is 1. The first-order chi connectivity index (χ1) is 11.4. The van der Waals surface area contributed by atoms with Gasteiger partial charge in [0.2, 0.25) is 10.0 Å².